The summed E-state index contributed by atoms with van der Waals surface area (Å²) in [4.78, 5) is 0. The van der Waals surface area contributed by atoms with E-state index in [-0.39, 0.29) is 0 Å². The fraction of sp³-hybridized carbons (Fsp3) is 1.00. The van der Waals surface area contributed by atoms with Crippen molar-refractivity contribution < 1.29 is 7.56 Å². The monoisotopic (exact) mass is 818 g/mol. The van der Waals surface area contributed by atoms with Crippen LogP contribution < -0.4 is 0 Å². The van der Waals surface area contributed by atoms with Gasteiger partial charge in [-0.1, -0.05) is 0 Å². The van der Waals surface area contributed by atoms with Crippen LogP contribution in [0.4, 0.5) is 0 Å². The summed E-state index contributed by atoms with van der Waals surface area (Å²) in [6, 6.07) is 0. The van der Waals surface area contributed by atoms with Crippen molar-refractivity contribution in [1.82, 2.24) is 0 Å². The fourth-order valence-electron chi connectivity index (χ4n) is 9.25. The molecule has 0 aromatic heterocycles. The van der Waals surface area contributed by atoms with Crippen LogP contribution in [0, 0.1) is 35.5 Å². The third-order valence-corrected chi connectivity index (χ3v) is 46.0. The minimum absolute atomic E-state index is 0.702. The van der Waals surface area contributed by atoms with Gasteiger partial charge in [0.15, 0.2) is 0 Å². The van der Waals surface area contributed by atoms with E-state index < -0.39 is 38.4 Å². The third-order valence-electron chi connectivity index (χ3n) is 11.8. The molecule has 0 bridgehead atoms. The standard InChI is InChI=1S/4C7H13.2C5H11O.O.2Sn/c4*1-7-5-3-2-4-6-7;2*1-5(2)3-4-6;;;/h4*7H,1-6H2;2*5H,3-4H2,1-2H3;;;/q;;;;2*-1;;2*+1. The molecular weight excluding hydrogens is 742 g/mol. The van der Waals surface area contributed by atoms with Crippen LogP contribution >= 0.6 is 0 Å². The minimum atomic E-state index is -3.50. The summed E-state index contributed by atoms with van der Waals surface area (Å²) < 4.78 is 28.9. The fourth-order valence-corrected chi connectivity index (χ4v) is 53.9. The quantitative estimate of drug-likeness (QED) is 0.129. The van der Waals surface area contributed by atoms with Crippen LogP contribution in [0.3, 0.4) is 0 Å². The second-order valence-corrected chi connectivity index (χ2v) is 38.0. The number of hydrogen-bond donors (Lipinski definition) is 0. The average molecular weight is 816 g/mol. The molecule has 0 unspecified atom stereocenters. The van der Waals surface area contributed by atoms with Crippen LogP contribution in [0.5, 0.6) is 0 Å². The third kappa shape index (κ3) is 13.9. The Labute approximate surface area is 279 Å². The molecule has 252 valence electrons. The van der Waals surface area contributed by atoms with E-state index in [1.165, 1.54) is 159 Å². The molecule has 4 rings (SSSR count). The van der Waals surface area contributed by atoms with Crippen molar-refractivity contribution in [2.75, 3.05) is 13.2 Å². The van der Waals surface area contributed by atoms with Crippen molar-refractivity contribution in [2.24, 2.45) is 35.5 Å². The molecular formula is C38H74O3Sn2. The molecule has 3 nitrogen and oxygen atoms in total. The van der Waals surface area contributed by atoms with Crippen molar-refractivity contribution in [3.05, 3.63) is 0 Å². The topological polar surface area (TPSA) is 27.7 Å². The Morgan fingerprint density at radius 2 is 0.674 bits per heavy atom. The summed E-state index contributed by atoms with van der Waals surface area (Å²) in [5.41, 5.74) is 0. The Morgan fingerprint density at radius 1 is 0.419 bits per heavy atom. The molecule has 0 aromatic carbocycles. The van der Waals surface area contributed by atoms with E-state index >= 15 is 0 Å². The van der Waals surface area contributed by atoms with Gasteiger partial charge < -0.3 is 0 Å². The van der Waals surface area contributed by atoms with Crippen LogP contribution in [0.15, 0.2) is 0 Å². The van der Waals surface area contributed by atoms with Gasteiger partial charge in [-0.25, -0.2) is 0 Å². The Balaban J connectivity index is 1.69. The van der Waals surface area contributed by atoms with Gasteiger partial charge in [0.1, 0.15) is 0 Å². The Hall–Kier alpha value is 1.48. The molecule has 4 saturated carbocycles. The van der Waals surface area contributed by atoms with Crippen molar-refractivity contribution >= 4 is 38.4 Å². The van der Waals surface area contributed by atoms with Gasteiger partial charge in [-0.05, 0) is 0 Å². The van der Waals surface area contributed by atoms with E-state index in [2.05, 4.69) is 27.7 Å². The molecule has 0 amide bonds. The van der Waals surface area contributed by atoms with Crippen LogP contribution in [0.2, 0.25) is 17.7 Å². The van der Waals surface area contributed by atoms with Crippen LogP contribution in [0.1, 0.15) is 169 Å². The molecule has 0 radical (unpaired) electrons. The zero-order valence-corrected chi connectivity index (χ0v) is 35.2. The molecule has 0 N–H and O–H groups in total. The summed E-state index contributed by atoms with van der Waals surface area (Å²) >= 11 is -6.99. The van der Waals surface area contributed by atoms with Gasteiger partial charge in [0.2, 0.25) is 0 Å². The summed E-state index contributed by atoms with van der Waals surface area (Å²) in [6.45, 7) is 11.4. The molecule has 43 heavy (non-hydrogen) atoms. The first kappa shape index (κ1) is 37.3. The average Bonchev–Trinajstić information content (AvgIpc) is 2.99. The van der Waals surface area contributed by atoms with E-state index in [9.17, 15) is 0 Å². The Morgan fingerprint density at radius 3 is 0.907 bits per heavy atom. The van der Waals surface area contributed by atoms with Gasteiger partial charge in [0.25, 0.3) is 0 Å². The molecule has 0 spiro atoms. The van der Waals surface area contributed by atoms with E-state index in [1.54, 1.807) is 0 Å². The molecule has 4 fully saturated rings. The van der Waals surface area contributed by atoms with Crippen molar-refractivity contribution in [3.8, 4) is 0 Å². The first-order valence-corrected chi connectivity index (χ1v) is 32.6. The van der Waals surface area contributed by atoms with Gasteiger partial charge in [0.05, 0.1) is 0 Å². The van der Waals surface area contributed by atoms with Crippen LogP contribution in [-0.2, 0) is 7.56 Å². The molecule has 5 heteroatoms. The van der Waals surface area contributed by atoms with E-state index in [0.717, 1.165) is 36.9 Å². The molecule has 0 heterocycles. The first-order chi connectivity index (χ1) is 20.9. The zero-order valence-electron chi connectivity index (χ0n) is 29.5. The van der Waals surface area contributed by atoms with Gasteiger partial charge >= 0.3 is 281 Å². The SMILES string of the molecule is CC(C)CC[O][Sn]([CH2]C1CCCCC1)([CH2]C1CCCCC1)[O][Sn]([CH2]C1CCCCC1)([CH2]C1CCCCC1)[O]CCC(C)C. The molecule has 0 saturated heterocycles. The molecule has 0 aromatic rings. The molecule has 4 aliphatic carbocycles. The van der Waals surface area contributed by atoms with Gasteiger partial charge in [0, 0.05) is 0 Å². The predicted molar refractivity (Wildman–Crippen MR) is 189 cm³/mol. The van der Waals surface area contributed by atoms with E-state index in [4.69, 9.17) is 7.56 Å². The van der Waals surface area contributed by atoms with Gasteiger partial charge in [-0.2, -0.15) is 0 Å². The van der Waals surface area contributed by atoms with Crippen LogP contribution in [-0.4, -0.2) is 51.6 Å². The van der Waals surface area contributed by atoms with Crippen molar-refractivity contribution in [2.45, 2.75) is 187 Å². The first-order valence-electron chi connectivity index (χ1n) is 19.8. The maximum absolute atomic E-state index is 8.38. The Bertz CT molecular complexity index is 619. The van der Waals surface area contributed by atoms with Gasteiger partial charge in [-0.15, -0.1) is 0 Å². The van der Waals surface area contributed by atoms with Crippen LogP contribution in [0.25, 0.3) is 0 Å². The van der Waals surface area contributed by atoms with Crippen molar-refractivity contribution in [3.63, 3.8) is 0 Å². The Kier molecular flexibility index (Phi) is 17.4. The summed E-state index contributed by atoms with van der Waals surface area (Å²) in [5, 5.41) is 0. The predicted octanol–water partition coefficient (Wildman–Crippen LogP) is 12.3. The second-order valence-electron chi connectivity index (χ2n) is 16.8. The second kappa shape index (κ2) is 20.1. The summed E-state index contributed by atoms with van der Waals surface area (Å²) in [7, 11) is 0. The molecule has 4 aliphatic rings. The summed E-state index contributed by atoms with van der Waals surface area (Å²) in [5.74, 6) is 4.83. The van der Waals surface area contributed by atoms with Crippen molar-refractivity contribution in [1.29, 1.82) is 0 Å². The number of rotatable bonds is 18. The zero-order chi connectivity index (χ0) is 30.4. The van der Waals surface area contributed by atoms with E-state index in [1.807, 2.05) is 0 Å². The normalized spacial score (nSPS) is 23.0. The summed E-state index contributed by atoms with van der Waals surface area (Å²) in [6.07, 6.45) is 31.1. The number of hydrogen-bond acceptors (Lipinski definition) is 3. The molecule has 0 atom stereocenters. The maximum atomic E-state index is 8.38. The molecule has 0 aliphatic heterocycles. The van der Waals surface area contributed by atoms with E-state index in [0.29, 0.717) is 11.8 Å². The van der Waals surface area contributed by atoms with Gasteiger partial charge in [-0.3, -0.25) is 0 Å².